The van der Waals surface area contributed by atoms with E-state index in [0.29, 0.717) is 0 Å². The van der Waals surface area contributed by atoms with Crippen LogP contribution in [-0.4, -0.2) is 38.1 Å². The van der Waals surface area contributed by atoms with Crippen LogP contribution >= 0.6 is 0 Å². The number of non-ortho nitro benzene ring substituents is 1. The lowest BCUT2D eigenvalue weighted by atomic mass is 10.2. The molecule has 98 valence electrons. The van der Waals surface area contributed by atoms with Gasteiger partial charge in [0.15, 0.2) is 5.69 Å². The molecule has 0 fully saturated rings. The number of aromatic nitrogens is 3. The molecule has 0 saturated carbocycles. The fourth-order valence-electron chi connectivity index (χ4n) is 1.52. The Kier molecular flexibility index (Phi) is 3.10. The van der Waals surface area contributed by atoms with Crippen molar-refractivity contribution in [2.75, 3.05) is 7.11 Å². The fraction of sp³-hybridized carbons (Fsp3) is 0.100. The van der Waals surface area contributed by atoms with Gasteiger partial charge in [0, 0.05) is 12.1 Å². The zero-order valence-electron chi connectivity index (χ0n) is 9.68. The van der Waals surface area contributed by atoms with Gasteiger partial charge in [-0.25, -0.2) is 9.48 Å². The van der Waals surface area contributed by atoms with E-state index in [1.54, 1.807) is 0 Å². The number of nitro benzene ring substituents is 1. The van der Waals surface area contributed by atoms with Crippen LogP contribution in [0.4, 0.5) is 5.69 Å². The minimum atomic E-state index is -1.25. The molecule has 0 aliphatic heterocycles. The van der Waals surface area contributed by atoms with Crippen LogP contribution in [0.3, 0.4) is 0 Å². The molecule has 1 aromatic carbocycles. The number of aromatic carboxylic acids is 1. The zero-order valence-corrected chi connectivity index (χ0v) is 9.68. The monoisotopic (exact) mass is 264 g/mol. The van der Waals surface area contributed by atoms with Gasteiger partial charge >= 0.3 is 5.97 Å². The van der Waals surface area contributed by atoms with Crippen molar-refractivity contribution in [3.63, 3.8) is 0 Å². The number of hydrogen-bond donors (Lipinski definition) is 1. The molecule has 19 heavy (non-hydrogen) atoms. The molecule has 0 saturated heterocycles. The molecule has 0 aliphatic rings. The summed E-state index contributed by atoms with van der Waals surface area (Å²) in [6, 6.07) is 3.78. The van der Waals surface area contributed by atoms with Crippen LogP contribution in [0.15, 0.2) is 24.4 Å². The van der Waals surface area contributed by atoms with Crippen LogP contribution < -0.4 is 4.74 Å². The second-order valence-corrected chi connectivity index (χ2v) is 3.45. The van der Waals surface area contributed by atoms with E-state index in [9.17, 15) is 14.9 Å². The maximum absolute atomic E-state index is 11.0. The molecule has 0 unspecified atom stereocenters. The van der Waals surface area contributed by atoms with Gasteiger partial charge in [-0.05, 0) is 6.07 Å². The third-order valence-corrected chi connectivity index (χ3v) is 2.37. The lowest BCUT2D eigenvalue weighted by Gasteiger charge is -2.08. The quantitative estimate of drug-likeness (QED) is 0.642. The first-order chi connectivity index (χ1) is 9.04. The van der Waals surface area contributed by atoms with Crippen molar-refractivity contribution in [3.05, 3.63) is 40.2 Å². The molecule has 0 bridgehead atoms. The lowest BCUT2D eigenvalue weighted by Crippen LogP contribution is -2.09. The number of carbonyl (C=O) groups is 1. The first-order valence-electron chi connectivity index (χ1n) is 5.01. The van der Waals surface area contributed by atoms with Crippen molar-refractivity contribution < 1.29 is 19.6 Å². The Balaban J connectivity index is 2.65. The predicted octanol–water partition coefficient (Wildman–Crippen LogP) is 0.882. The first kappa shape index (κ1) is 12.5. The van der Waals surface area contributed by atoms with Gasteiger partial charge in [0.05, 0.1) is 18.2 Å². The summed E-state index contributed by atoms with van der Waals surface area (Å²) in [6.45, 7) is 0. The second-order valence-electron chi connectivity index (χ2n) is 3.45. The van der Waals surface area contributed by atoms with Gasteiger partial charge in [-0.1, -0.05) is 5.21 Å². The molecule has 0 radical (unpaired) electrons. The maximum Gasteiger partial charge on any atom is 0.356 e. The highest BCUT2D eigenvalue weighted by Gasteiger charge is 2.19. The Labute approximate surface area is 106 Å². The Morgan fingerprint density at radius 1 is 1.53 bits per heavy atom. The average Bonchev–Trinajstić information content (AvgIpc) is 2.87. The summed E-state index contributed by atoms with van der Waals surface area (Å²) in [6.07, 6.45) is 1.04. The standard InChI is InChI=1S/C10H8N4O5/c1-19-9-3-2-6(14(17)18)4-7(9)13-8(10(15)16)5-11-12-13/h2-5H,1H3,(H,15,16). The van der Waals surface area contributed by atoms with Crippen LogP contribution in [0.1, 0.15) is 10.5 Å². The van der Waals surface area contributed by atoms with E-state index in [1.165, 1.54) is 25.3 Å². The smallest absolute Gasteiger partial charge is 0.356 e. The molecule has 1 heterocycles. The van der Waals surface area contributed by atoms with E-state index in [1.807, 2.05) is 0 Å². The highest BCUT2D eigenvalue weighted by atomic mass is 16.6. The van der Waals surface area contributed by atoms with E-state index in [2.05, 4.69) is 10.3 Å². The Bertz CT molecular complexity index is 651. The molecule has 0 spiro atoms. The van der Waals surface area contributed by atoms with E-state index < -0.39 is 10.9 Å². The molecule has 2 rings (SSSR count). The minimum absolute atomic E-state index is 0.131. The Hall–Kier alpha value is -2.97. The molecule has 9 heteroatoms. The number of hydrogen-bond acceptors (Lipinski definition) is 6. The third kappa shape index (κ3) is 2.20. The molecule has 0 amide bonds. The summed E-state index contributed by atoms with van der Waals surface area (Å²) < 4.78 is 6.00. The largest absolute Gasteiger partial charge is 0.494 e. The van der Waals surface area contributed by atoms with Crippen LogP contribution in [0.2, 0.25) is 0 Å². The summed E-state index contributed by atoms with van der Waals surface area (Å²) in [5, 5.41) is 26.8. The number of methoxy groups -OCH3 is 1. The van der Waals surface area contributed by atoms with E-state index in [4.69, 9.17) is 9.84 Å². The first-order valence-corrected chi connectivity index (χ1v) is 5.01. The highest BCUT2D eigenvalue weighted by Crippen LogP contribution is 2.27. The highest BCUT2D eigenvalue weighted by molar-refractivity contribution is 5.86. The Morgan fingerprint density at radius 2 is 2.26 bits per heavy atom. The van der Waals surface area contributed by atoms with Gasteiger partial charge in [0.2, 0.25) is 0 Å². The van der Waals surface area contributed by atoms with E-state index in [0.717, 1.165) is 10.9 Å². The zero-order chi connectivity index (χ0) is 14.0. The van der Waals surface area contributed by atoms with Crippen molar-refractivity contribution in [1.29, 1.82) is 0 Å². The number of carboxylic acid groups (broad SMARTS) is 1. The average molecular weight is 264 g/mol. The summed E-state index contributed by atoms with van der Waals surface area (Å²) in [5.74, 6) is -1.00. The van der Waals surface area contributed by atoms with E-state index in [-0.39, 0.29) is 22.8 Å². The fourth-order valence-corrected chi connectivity index (χ4v) is 1.52. The molecule has 9 nitrogen and oxygen atoms in total. The Morgan fingerprint density at radius 3 is 2.84 bits per heavy atom. The van der Waals surface area contributed by atoms with Crippen molar-refractivity contribution in [2.45, 2.75) is 0 Å². The maximum atomic E-state index is 11.0. The van der Waals surface area contributed by atoms with E-state index >= 15 is 0 Å². The van der Waals surface area contributed by atoms with Gasteiger partial charge in [0.25, 0.3) is 5.69 Å². The second kappa shape index (κ2) is 4.72. The minimum Gasteiger partial charge on any atom is -0.494 e. The normalized spacial score (nSPS) is 10.2. The number of benzene rings is 1. The number of rotatable bonds is 4. The number of ether oxygens (including phenoxy) is 1. The SMILES string of the molecule is COc1ccc([N+](=O)[O-])cc1-n1nncc1C(=O)O. The van der Waals surface area contributed by atoms with Gasteiger partial charge in [0.1, 0.15) is 11.4 Å². The summed E-state index contributed by atoms with van der Waals surface area (Å²) in [7, 11) is 1.36. The van der Waals surface area contributed by atoms with Crippen molar-refractivity contribution >= 4 is 11.7 Å². The number of nitro groups is 1. The van der Waals surface area contributed by atoms with Crippen molar-refractivity contribution in [1.82, 2.24) is 15.0 Å². The summed E-state index contributed by atoms with van der Waals surface area (Å²) in [4.78, 5) is 21.1. The molecular weight excluding hydrogens is 256 g/mol. The van der Waals surface area contributed by atoms with Gasteiger partial charge in [-0.2, -0.15) is 0 Å². The van der Waals surface area contributed by atoms with Gasteiger partial charge in [-0.15, -0.1) is 5.10 Å². The molecule has 1 N–H and O–H groups in total. The van der Waals surface area contributed by atoms with Crippen LogP contribution in [-0.2, 0) is 0 Å². The number of nitrogens with zero attached hydrogens (tertiary/aromatic N) is 4. The molecule has 2 aromatic rings. The van der Waals surface area contributed by atoms with Gasteiger partial charge < -0.3 is 9.84 Å². The number of carboxylic acids is 1. The van der Waals surface area contributed by atoms with Crippen molar-refractivity contribution in [2.24, 2.45) is 0 Å². The lowest BCUT2D eigenvalue weighted by molar-refractivity contribution is -0.384. The summed E-state index contributed by atoms with van der Waals surface area (Å²) >= 11 is 0. The van der Waals surface area contributed by atoms with Crippen LogP contribution in [0, 0.1) is 10.1 Å². The third-order valence-electron chi connectivity index (χ3n) is 2.37. The predicted molar refractivity (Wildman–Crippen MR) is 61.5 cm³/mol. The molecule has 1 aromatic heterocycles. The summed E-state index contributed by atoms with van der Waals surface area (Å²) in [5.41, 5.74) is -0.298. The topological polar surface area (TPSA) is 120 Å². The molecular formula is C10H8N4O5. The molecule has 0 aliphatic carbocycles. The van der Waals surface area contributed by atoms with Crippen molar-refractivity contribution in [3.8, 4) is 11.4 Å². The van der Waals surface area contributed by atoms with Gasteiger partial charge in [-0.3, -0.25) is 10.1 Å². The van der Waals surface area contributed by atoms with Crippen LogP contribution in [0.5, 0.6) is 5.75 Å². The molecule has 0 atom stereocenters. The van der Waals surface area contributed by atoms with Crippen LogP contribution in [0.25, 0.3) is 5.69 Å².